The zero-order chi connectivity index (χ0) is 24.7. The second-order valence-electron chi connectivity index (χ2n) is 10.3. The van der Waals surface area contributed by atoms with E-state index in [1.807, 2.05) is 31.2 Å². The number of fused-ring (bicyclic) bond motifs is 5. The van der Waals surface area contributed by atoms with Crippen LogP contribution in [0.3, 0.4) is 0 Å². The van der Waals surface area contributed by atoms with Crippen LogP contribution in [0.2, 0.25) is 0 Å². The van der Waals surface area contributed by atoms with E-state index >= 15 is 0 Å². The number of carbonyl (C=O) groups is 3. The highest BCUT2D eigenvalue weighted by molar-refractivity contribution is 5.90. The summed E-state index contributed by atoms with van der Waals surface area (Å²) in [6.45, 7) is 4.62. The number of hydrogen-bond acceptors (Lipinski definition) is 4. The number of nitrogens with one attached hydrogen (secondary N) is 1. The van der Waals surface area contributed by atoms with Crippen LogP contribution in [-0.4, -0.2) is 53.2 Å². The summed E-state index contributed by atoms with van der Waals surface area (Å²) in [5, 5.41) is 12.4. The van der Waals surface area contributed by atoms with Gasteiger partial charge in [0.1, 0.15) is 12.1 Å². The smallest absolute Gasteiger partial charge is 0.408 e. The molecular weight excluding hydrogens is 444 g/mol. The van der Waals surface area contributed by atoms with Gasteiger partial charge in [0.25, 0.3) is 0 Å². The van der Waals surface area contributed by atoms with Gasteiger partial charge in [-0.25, -0.2) is 4.79 Å². The van der Waals surface area contributed by atoms with Crippen molar-refractivity contribution in [3.05, 3.63) is 59.7 Å². The molecule has 0 radical (unpaired) electrons. The molecule has 184 valence electrons. The van der Waals surface area contributed by atoms with E-state index in [9.17, 15) is 19.5 Å². The molecule has 1 saturated carbocycles. The number of carboxylic acid groups (broad SMARTS) is 1. The largest absolute Gasteiger partial charge is 0.481 e. The van der Waals surface area contributed by atoms with E-state index in [-0.39, 0.29) is 36.2 Å². The van der Waals surface area contributed by atoms with Crippen LogP contribution in [0.5, 0.6) is 0 Å². The number of rotatable bonds is 6. The van der Waals surface area contributed by atoms with Crippen LogP contribution in [-0.2, 0) is 14.3 Å². The fraction of sp³-hybridized carbons (Fsp3) is 0.464. The molecule has 2 amide bonds. The summed E-state index contributed by atoms with van der Waals surface area (Å²) in [6.07, 6.45) is 1.44. The number of likely N-dealkylation sites (tertiary alicyclic amines) is 1. The average molecular weight is 477 g/mol. The van der Waals surface area contributed by atoms with Crippen molar-refractivity contribution in [1.29, 1.82) is 0 Å². The number of ether oxygens (including phenoxy) is 1. The molecule has 2 bridgehead atoms. The molecule has 2 fully saturated rings. The van der Waals surface area contributed by atoms with Crippen molar-refractivity contribution >= 4 is 18.0 Å². The second kappa shape index (κ2) is 9.02. The highest BCUT2D eigenvalue weighted by atomic mass is 16.5. The highest BCUT2D eigenvalue weighted by Crippen LogP contribution is 2.45. The molecular formula is C28H32N2O5. The Morgan fingerprint density at radius 3 is 2.06 bits per heavy atom. The van der Waals surface area contributed by atoms with Crippen LogP contribution in [0.25, 0.3) is 11.1 Å². The predicted octanol–water partition coefficient (Wildman–Crippen LogP) is 4.26. The topological polar surface area (TPSA) is 95.9 Å². The zero-order valence-corrected chi connectivity index (χ0v) is 20.2. The Balaban J connectivity index is 1.25. The van der Waals surface area contributed by atoms with Crippen LogP contribution in [0.15, 0.2) is 48.5 Å². The number of aliphatic carboxylic acids is 1. The molecule has 7 nitrogen and oxygen atoms in total. The number of nitrogens with zero attached hydrogens (tertiary/aromatic N) is 1. The van der Waals surface area contributed by atoms with E-state index in [1.165, 1.54) is 0 Å². The summed E-state index contributed by atoms with van der Waals surface area (Å²) < 4.78 is 5.68. The summed E-state index contributed by atoms with van der Waals surface area (Å²) in [5.41, 5.74) is 3.47. The summed E-state index contributed by atoms with van der Waals surface area (Å²) in [4.78, 5) is 39.8. The Hall–Kier alpha value is -3.35. The first-order valence-electron chi connectivity index (χ1n) is 12.5. The lowest BCUT2D eigenvalue weighted by atomic mass is 9.84. The van der Waals surface area contributed by atoms with E-state index in [1.54, 1.807) is 11.8 Å². The maximum Gasteiger partial charge on any atom is 0.408 e. The third kappa shape index (κ3) is 4.07. The van der Waals surface area contributed by atoms with Crippen molar-refractivity contribution in [3.8, 4) is 11.1 Å². The van der Waals surface area contributed by atoms with E-state index in [4.69, 9.17) is 4.74 Å². The quantitative estimate of drug-likeness (QED) is 0.649. The Morgan fingerprint density at radius 1 is 1.00 bits per heavy atom. The molecule has 2 aliphatic carbocycles. The van der Waals surface area contributed by atoms with Gasteiger partial charge in [0.15, 0.2) is 0 Å². The van der Waals surface area contributed by atoms with Gasteiger partial charge in [-0.2, -0.15) is 0 Å². The molecule has 0 spiro atoms. The number of piperidine rings is 1. The first-order valence-corrected chi connectivity index (χ1v) is 12.5. The molecule has 1 saturated heterocycles. The number of carbonyl (C=O) groups excluding carboxylic acids is 2. The van der Waals surface area contributed by atoms with Crippen LogP contribution in [0, 0.1) is 17.8 Å². The van der Waals surface area contributed by atoms with Gasteiger partial charge in [-0.15, -0.1) is 0 Å². The molecule has 35 heavy (non-hydrogen) atoms. The van der Waals surface area contributed by atoms with Crippen molar-refractivity contribution in [2.24, 2.45) is 17.8 Å². The van der Waals surface area contributed by atoms with Gasteiger partial charge in [0.05, 0.1) is 5.92 Å². The van der Waals surface area contributed by atoms with E-state index < -0.39 is 17.6 Å². The van der Waals surface area contributed by atoms with Crippen molar-refractivity contribution in [3.63, 3.8) is 0 Å². The first kappa shape index (κ1) is 23.4. The Morgan fingerprint density at radius 2 is 1.54 bits per heavy atom. The van der Waals surface area contributed by atoms with Crippen LogP contribution in [0.4, 0.5) is 4.79 Å². The lowest BCUT2D eigenvalue weighted by Gasteiger charge is -2.40. The molecule has 2 N–H and O–H groups in total. The van der Waals surface area contributed by atoms with E-state index in [0.29, 0.717) is 19.5 Å². The SMILES string of the molecule is CCC(C)(NC(=O)OCC1c2ccccc2-c2ccccc21)C(=O)N1CC2CCC(C1)C2C(=O)O. The van der Waals surface area contributed by atoms with Crippen LogP contribution >= 0.6 is 0 Å². The molecule has 1 aliphatic heterocycles. The lowest BCUT2D eigenvalue weighted by Crippen LogP contribution is -2.60. The van der Waals surface area contributed by atoms with Gasteiger partial charge >= 0.3 is 12.1 Å². The number of carboxylic acids is 1. The third-order valence-electron chi connectivity index (χ3n) is 8.31. The fourth-order valence-electron chi connectivity index (χ4n) is 6.29. The number of hydrogen-bond donors (Lipinski definition) is 2. The molecule has 1 heterocycles. The Labute approximate surface area is 205 Å². The third-order valence-corrected chi connectivity index (χ3v) is 8.31. The predicted molar refractivity (Wildman–Crippen MR) is 131 cm³/mol. The maximum absolute atomic E-state index is 13.5. The summed E-state index contributed by atoms with van der Waals surface area (Å²) >= 11 is 0. The molecule has 3 atom stereocenters. The van der Waals surface area contributed by atoms with Gasteiger partial charge in [0, 0.05) is 19.0 Å². The molecule has 2 aromatic rings. The fourth-order valence-corrected chi connectivity index (χ4v) is 6.29. The lowest BCUT2D eigenvalue weighted by molar-refractivity contribution is -0.151. The zero-order valence-electron chi connectivity index (χ0n) is 20.2. The molecule has 0 aromatic heterocycles. The number of amides is 2. The van der Waals surface area contributed by atoms with Gasteiger partial charge in [-0.1, -0.05) is 55.5 Å². The highest BCUT2D eigenvalue weighted by Gasteiger charge is 2.49. The Kier molecular flexibility index (Phi) is 6.03. The molecule has 3 aliphatic rings. The van der Waals surface area contributed by atoms with E-state index in [0.717, 1.165) is 35.1 Å². The number of benzene rings is 2. The van der Waals surface area contributed by atoms with Gasteiger partial charge < -0.3 is 20.1 Å². The molecule has 2 aromatic carbocycles. The first-order chi connectivity index (χ1) is 16.8. The minimum atomic E-state index is -1.11. The van der Waals surface area contributed by atoms with Crippen molar-refractivity contribution in [1.82, 2.24) is 10.2 Å². The van der Waals surface area contributed by atoms with Gasteiger partial charge in [0.2, 0.25) is 5.91 Å². The summed E-state index contributed by atoms with van der Waals surface area (Å²) in [7, 11) is 0. The van der Waals surface area contributed by atoms with Gasteiger partial charge in [-0.05, 0) is 60.3 Å². The molecule has 7 heteroatoms. The minimum Gasteiger partial charge on any atom is -0.481 e. The minimum absolute atomic E-state index is 0.0224. The summed E-state index contributed by atoms with van der Waals surface area (Å²) in [5.74, 6) is -1.41. The average Bonchev–Trinajstić information content (AvgIpc) is 3.33. The summed E-state index contributed by atoms with van der Waals surface area (Å²) in [6, 6.07) is 16.3. The van der Waals surface area contributed by atoms with Crippen molar-refractivity contribution < 1.29 is 24.2 Å². The standard InChI is InChI=1S/C28H32N2O5/c1-3-28(2,26(33)30-14-17-12-13-18(15-30)24(17)25(31)32)29-27(34)35-16-23-21-10-6-4-8-19(21)20-9-5-7-11-22(20)23/h4-11,17-18,23-24H,3,12-16H2,1-2H3,(H,29,34)(H,31,32). The van der Waals surface area contributed by atoms with Crippen LogP contribution < -0.4 is 5.32 Å². The second-order valence-corrected chi connectivity index (χ2v) is 10.3. The van der Waals surface area contributed by atoms with Crippen molar-refractivity contribution in [2.75, 3.05) is 19.7 Å². The molecule has 5 rings (SSSR count). The molecule has 3 unspecified atom stereocenters. The maximum atomic E-state index is 13.5. The van der Waals surface area contributed by atoms with Crippen molar-refractivity contribution in [2.45, 2.75) is 44.6 Å². The normalized spacial score (nSPS) is 24.3. The van der Waals surface area contributed by atoms with Crippen LogP contribution in [0.1, 0.15) is 50.2 Å². The van der Waals surface area contributed by atoms with Gasteiger partial charge in [-0.3, -0.25) is 9.59 Å². The Bertz CT molecular complexity index is 1100. The monoisotopic (exact) mass is 476 g/mol. The van der Waals surface area contributed by atoms with E-state index in [2.05, 4.69) is 29.6 Å². The number of alkyl carbamates (subject to hydrolysis) is 1.